The number of anilines is 1. The molecule has 1 heterocycles. The first-order valence-electron chi connectivity index (χ1n) is 27.3. The number of carbonyl (C=O) groups excluding carboxylic acids is 6. The molecular weight excluding hydrogens is 1010 g/mol. The van der Waals surface area contributed by atoms with Crippen LogP contribution in [0.3, 0.4) is 0 Å². The molecule has 16 heteroatoms. The summed E-state index contributed by atoms with van der Waals surface area (Å²) in [6.07, 6.45) is 15.9. The fourth-order valence-electron chi connectivity index (χ4n) is 9.63. The SMILES string of the molecule is C=CC(=O)OCCCCCCOc1ccc(CC(=O)C2CCC(C(=O)Oc3ccc(CC(=O)C4CCC(C(=O)Oc5ccc(OCCCCCCOC(=O)C=C)cc5)CC4)cc3/C=N/Nc3nc4ccccc4s3)CC2)cc1. The Hall–Kier alpha value is -7.46. The van der Waals surface area contributed by atoms with E-state index in [1.165, 1.54) is 11.3 Å². The van der Waals surface area contributed by atoms with Gasteiger partial charge in [-0.15, -0.1) is 0 Å². The number of hydrazone groups is 1. The van der Waals surface area contributed by atoms with Crippen molar-refractivity contribution in [2.24, 2.45) is 28.8 Å². The fourth-order valence-corrected chi connectivity index (χ4v) is 10.4. The molecule has 0 spiro atoms. The Balaban J connectivity index is 0.852. The minimum atomic E-state index is -0.408. The molecule has 0 radical (unpaired) electrons. The predicted molar refractivity (Wildman–Crippen MR) is 300 cm³/mol. The van der Waals surface area contributed by atoms with Gasteiger partial charge in [-0.3, -0.25) is 24.6 Å². The molecule has 1 aromatic heterocycles. The number of aromatic nitrogens is 1. The van der Waals surface area contributed by atoms with Crippen LogP contribution in [0.15, 0.2) is 121 Å². The van der Waals surface area contributed by atoms with Gasteiger partial charge in [0, 0.05) is 42.4 Å². The largest absolute Gasteiger partial charge is 0.494 e. The van der Waals surface area contributed by atoms with Gasteiger partial charge in [0.2, 0.25) is 5.13 Å². The number of nitrogens with zero attached hydrogens (tertiary/aromatic N) is 2. The summed E-state index contributed by atoms with van der Waals surface area (Å²) >= 11 is 1.46. The van der Waals surface area contributed by atoms with Crippen molar-refractivity contribution in [1.82, 2.24) is 4.98 Å². The molecule has 0 aliphatic heterocycles. The highest BCUT2D eigenvalue weighted by atomic mass is 32.1. The Kier molecular flexibility index (Phi) is 23.2. The van der Waals surface area contributed by atoms with Gasteiger partial charge >= 0.3 is 23.9 Å². The zero-order valence-electron chi connectivity index (χ0n) is 44.4. The van der Waals surface area contributed by atoms with Crippen LogP contribution in [0.1, 0.15) is 119 Å². The topological polar surface area (TPSA) is 195 Å². The number of thiazole rings is 1. The minimum Gasteiger partial charge on any atom is -0.494 e. The van der Waals surface area contributed by atoms with Crippen LogP contribution in [0, 0.1) is 23.7 Å². The highest BCUT2D eigenvalue weighted by molar-refractivity contribution is 7.22. The predicted octanol–water partition coefficient (Wildman–Crippen LogP) is 12.1. The monoisotopic (exact) mass is 1080 g/mol. The van der Waals surface area contributed by atoms with E-state index in [1.807, 2.05) is 54.6 Å². The zero-order chi connectivity index (χ0) is 54.9. The third kappa shape index (κ3) is 18.9. The van der Waals surface area contributed by atoms with Crippen LogP contribution in [0.2, 0.25) is 0 Å². The maximum atomic E-state index is 13.8. The number of rotatable bonds is 31. The molecule has 2 aliphatic carbocycles. The van der Waals surface area contributed by atoms with Gasteiger partial charge in [0.15, 0.2) is 0 Å². The quantitative estimate of drug-likeness (QED) is 0.0110. The molecule has 412 valence electrons. The molecule has 0 bridgehead atoms. The third-order valence-electron chi connectivity index (χ3n) is 14.1. The standard InChI is InChI=1S/C62H71N3O12S/c1-3-58(68)74-37-13-7-5-11-35-72-50-28-17-43(18-29-50)40-54(66)45-22-26-48(27-23-45)61(71)77-56-34-19-44(39-49(56)42-63-65-62-64-53-15-9-10-16-57(53)78-62)41-55(67)46-20-24-47(25-21-46)60(70)76-52-32-30-51(31-33-52)73-36-12-6-8-14-38-75-59(69)4-2/h3-4,9-10,15-19,28-34,39,42,45-48H,1-2,5-8,11-14,20-27,35-38,40-41H2,(H,64,65)/b63-42+. The Morgan fingerprint density at radius 3 is 1.58 bits per heavy atom. The van der Waals surface area contributed by atoms with E-state index in [9.17, 15) is 28.8 Å². The van der Waals surface area contributed by atoms with Crippen LogP contribution in [0.4, 0.5) is 5.13 Å². The number of unbranched alkanes of at least 4 members (excludes halogenated alkanes) is 6. The van der Waals surface area contributed by atoms with Crippen LogP contribution in [0.25, 0.3) is 10.2 Å². The summed E-state index contributed by atoms with van der Waals surface area (Å²) in [7, 11) is 0. The molecule has 4 aromatic carbocycles. The van der Waals surface area contributed by atoms with Crippen LogP contribution < -0.4 is 24.4 Å². The number of Topliss-reactive ketones (excluding diaryl/α,β-unsaturated/α-hetero) is 2. The lowest BCUT2D eigenvalue weighted by atomic mass is 9.79. The number of benzene rings is 4. The van der Waals surface area contributed by atoms with E-state index in [-0.39, 0.29) is 53.6 Å². The van der Waals surface area contributed by atoms with Gasteiger partial charge in [-0.25, -0.2) is 14.6 Å². The summed E-state index contributed by atoms with van der Waals surface area (Å²) in [4.78, 5) is 81.0. The minimum absolute atomic E-state index is 0.0746. The van der Waals surface area contributed by atoms with Crippen molar-refractivity contribution >= 4 is 68.3 Å². The van der Waals surface area contributed by atoms with Crippen molar-refractivity contribution in [3.63, 3.8) is 0 Å². The van der Waals surface area contributed by atoms with E-state index in [0.29, 0.717) is 112 Å². The van der Waals surface area contributed by atoms with Crippen molar-refractivity contribution in [2.45, 2.75) is 116 Å². The maximum Gasteiger partial charge on any atom is 0.330 e. The van der Waals surface area contributed by atoms with Gasteiger partial charge < -0.3 is 28.4 Å². The number of para-hydroxylation sites is 1. The van der Waals surface area contributed by atoms with Crippen LogP contribution in [-0.4, -0.2) is 73.1 Å². The maximum absolute atomic E-state index is 13.8. The highest BCUT2D eigenvalue weighted by Gasteiger charge is 2.33. The van der Waals surface area contributed by atoms with Crippen LogP contribution in [-0.2, 0) is 51.1 Å². The molecule has 2 saturated carbocycles. The number of fused-ring (bicyclic) bond motifs is 1. The summed E-state index contributed by atoms with van der Waals surface area (Å²) in [5, 5.41) is 5.06. The van der Waals surface area contributed by atoms with Crippen LogP contribution in [0.5, 0.6) is 23.0 Å². The molecule has 2 aliphatic rings. The van der Waals surface area contributed by atoms with Crippen molar-refractivity contribution < 1.29 is 57.2 Å². The molecule has 2 fully saturated rings. The Bertz CT molecular complexity index is 2790. The summed E-state index contributed by atoms with van der Waals surface area (Å²) < 4.78 is 34.5. The molecule has 15 nitrogen and oxygen atoms in total. The van der Waals surface area contributed by atoms with Gasteiger partial charge in [-0.05, 0) is 175 Å². The Morgan fingerprint density at radius 1 is 0.551 bits per heavy atom. The highest BCUT2D eigenvalue weighted by Crippen LogP contribution is 2.35. The normalized spacial score (nSPS) is 17.1. The molecule has 0 atom stereocenters. The smallest absolute Gasteiger partial charge is 0.330 e. The van der Waals surface area contributed by atoms with E-state index < -0.39 is 11.9 Å². The molecular formula is C62H71N3O12S. The lowest BCUT2D eigenvalue weighted by molar-refractivity contribution is -0.141. The number of ketones is 2. The average molecular weight is 1080 g/mol. The van der Waals surface area contributed by atoms with E-state index >= 15 is 0 Å². The Labute approximate surface area is 460 Å². The van der Waals surface area contributed by atoms with Crippen molar-refractivity contribution in [2.75, 3.05) is 31.9 Å². The second-order valence-corrected chi connectivity index (χ2v) is 20.9. The third-order valence-corrected chi connectivity index (χ3v) is 15.1. The number of ether oxygens (including phenoxy) is 6. The summed E-state index contributed by atoms with van der Waals surface area (Å²) in [6, 6.07) is 27.8. The summed E-state index contributed by atoms with van der Waals surface area (Å²) in [6.45, 7) is 8.67. The lowest BCUT2D eigenvalue weighted by Crippen LogP contribution is -2.29. The van der Waals surface area contributed by atoms with Crippen molar-refractivity contribution in [3.05, 3.63) is 133 Å². The average Bonchev–Trinajstić information content (AvgIpc) is 3.90. The molecule has 0 saturated heterocycles. The van der Waals surface area contributed by atoms with Crippen LogP contribution >= 0.6 is 11.3 Å². The van der Waals surface area contributed by atoms with Gasteiger partial charge in [0.1, 0.15) is 34.6 Å². The van der Waals surface area contributed by atoms with E-state index in [4.69, 9.17) is 28.4 Å². The summed E-state index contributed by atoms with van der Waals surface area (Å²) in [5.74, 6) is -0.114. The number of hydrogen-bond donors (Lipinski definition) is 1. The first kappa shape index (κ1) is 58.2. The number of carbonyl (C=O) groups is 6. The van der Waals surface area contributed by atoms with Gasteiger partial charge in [-0.2, -0.15) is 5.10 Å². The first-order valence-corrected chi connectivity index (χ1v) is 28.1. The lowest BCUT2D eigenvalue weighted by Gasteiger charge is -2.27. The molecule has 7 rings (SSSR count). The van der Waals surface area contributed by atoms with Gasteiger partial charge in [0.25, 0.3) is 0 Å². The molecule has 0 unspecified atom stereocenters. The molecule has 78 heavy (non-hydrogen) atoms. The van der Waals surface area contributed by atoms with Crippen molar-refractivity contribution in [3.8, 4) is 23.0 Å². The van der Waals surface area contributed by atoms with E-state index in [0.717, 1.165) is 90.6 Å². The van der Waals surface area contributed by atoms with Gasteiger partial charge in [0.05, 0.1) is 54.7 Å². The molecule has 5 aromatic rings. The number of nitrogens with one attached hydrogen (secondary N) is 1. The second kappa shape index (κ2) is 31.1. The zero-order valence-corrected chi connectivity index (χ0v) is 45.2. The summed E-state index contributed by atoms with van der Waals surface area (Å²) in [5.41, 5.74) is 6.04. The Morgan fingerprint density at radius 2 is 1.03 bits per heavy atom. The number of hydrogen-bond acceptors (Lipinski definition) is 16. The number of esters is 4. The van der Waals surface area contributed by atoms with Gasteiger partial charge in [-0.1, -0.05) is 54.8 Å². The van der Waals surface area contributed by atoms with E-state index in [2.05, 4.69) is 28.7 Å². The van der Waals surface area contributed by atoms with E-state index in [1.54, 1.807) is 42.6 Å². The second-order valence-electron chi connectivity index (χ2n) is 19.8. The first-order chi connectivity index (χ1) is 38.0. The molecule has 0 amide bonds. The molecule has 1 N–H and O–H groups in total. The van der Waals surface area contributed by atoms with Crippen molar-refractivity contribution in [1.29, 1.82) is 0 Å². The fraction of sp³-hybridized carbons (Fsp3) is 0.419.